The minimum Gasteiger partial charge on any atom is -0.302 e. The molecule has 0 N–H and O–H groups in total. The van der Waals surface area contributed by atoms with Gasteiger partial charge in [-0.05, 0) is 26.1 Å². The molecule has 1 aromatic carbocycles. The van der Waals surface area contributed by atoms with Crippen LogP contribution < -0.4 is 0 Å². The molecule has 0 aliphatic heterocycles. The second kappa shape index (κ2) is 7.57. The van der Waals surface area contributed by atoms with E-state index in [2.05, 4.69) is 50.1 Å². The van der Waals surface area contributed by atoms with Gasteiger partial charge < -0.3 is 4.90 Å². The van der Waals surface area contributed by atoms with Gasteiger partial charge in [0.1, 0.15) is 0 Å². The highest BCUT2D eigenvalue weighted by Gasteiger charge is 1.96. The van der Waals surface area contributed by atoms with Crippen molar-refractivity contribution in [1.29, 1.82) is 0 Å². The molecule has 0 fully saturated rings. The van der Waals surface area contributed by atoms with Crippen molar-refractivity contribution in [3.05, 3.63) is 35.4 Å². The van der Waals surface area contributed by atoms with Gasteiger partial charge in [0, 0.05) is 6.54 Å². The number of hydrogen-bond donors (Lipinski definition) is 0. The molecule has 0 radical (unpaired) electrons. The summed E-state index contributed by atoms with van der Waals surface area (Å²) in [4.78, 5) is 2.30. The lowest BCUT2D eigenvalue weighted by molar-refractivity contribution is 0.345. The molecule has 14 heavy (non-hydrogen) atoms. The smallest absolute Gasteiger partial charge is 0.0230 e. The van der Waals surface area contributed by atoms with E-state index in [0.717, 1.165) is 13.1 Å². The van der Waals surface area contributed by atoms with Crippen molar-refractivity contribution in [2.24, 2.45) is 0 Å². The summed E-state index contributed by atoms with van der Waals surface area (Å²) in [5.41, 5.74) is 2.75. The van der Waals surface area contributed by atoms with Crippen LogP contribution in [0.4, 0.5) is 0 Å². The van der Waals surface area contributed by atoms with Gasteiger partial charge in [-0.3, -0.25) is 0 Å². The summed E-state index contributed by atoms with van der Waals surface area (Å²) in [6, 6.07) is 8.68. The molecule has 0 aliphatic carbocycles. The summed E-state index contributed by atoms with van der Waals surface area (Å²) in [6.07, 6.45) is 0. The zero-order valence-electron chi connectivity index (χ0n) is 10.2. The average molecular weight is 193 g/mol. The third kappa shape index (κ3) is 5.03. The van der Waals surface area contributed by atoms with Crippen LogP contribution in [0.1, 0.15) is 31.9 Å². The van der Waals surface area contributed by atoms with Gasteiger partial charge in [0.05, 0.1) is 0 Å². The van der Waals surface area contributed by atoms with Gasteiger partial charge in [0.2, 0.25) is 0 Å². The number of benzene rings is 1. The molecule has 0 aliphatic rings. The van der Waals surface area contributed by atoms with E-state index in [1.165, 1.54) is 11.1 Å². The Labute approximate surface area is 88.8 Å². The first-order valence-electron chi connectivity index (χ1n) is 5.46. The van der Waals surface area contributed by atoms with Gasteiger partial charge in [-0.1, -0.05) is 50.6 Å². The Morgan fingerprint density at radius 3 is 2.36 bits per heavy atom. The second-order valence-corrected chi connectivity index (χ2v) is 3.32. The molecule has 1 nitrogen and oxygen atoms in total. The molecule has 0 spiro atoms. The highest BCUT2D eigenvalue weighted by molar-refractivity contribution is 5.21. The Kier molecular flexibility index (Phi) is 7.13. The Hall–Kier alpha value is -0.820. The molecular formula is C13H23N. The van der Waals surface area contributed by atoms with Gasteiger partial charge in [-0.25, -0.2) is 0 Å². The third-order valence-electron chi connectivity index (χ3n) is 2.07. The quantitative estimate of drug-likeness (QED) is 0.710. The van der Waals surface area contributed by atoms with Crippen molar-refractivity contribution in [1.82, 2.24) is 4.90 Å². The largest absolute Gasteiger partial charge is 0.302 e. The maximum absolute atomic E-state index is 2.30. The Bertz CT molecular complexity index is 243. The zero-order chi connectivity index (χ0) is 11.0. The first-order valence-corrected chi connectivity index (χ1v) is 5.46. The van der Waals surface area contributed by atoms with Crippen molar-refractivity contribution >= 4 is 0 Å². The highest BCUT2D eigenvalue weighted by atomic mass is 15.1. The molecule has 0 amide bonds. The molecule has 0 bridgehead atoms. The molecule has 1 rings (SSSR count). The predicted octanol–water partition coefficient (Wildman–Crippen LogP) is 3.47. The fraction of sp³-hybridized carbons (Fsp3) is 0.538. The Balaban J connectivity index is 0.000000791. The number of aryl methyl sites for hydroxylation is 1. The van der Waals surface area contributed by atoms with Gasteiger partial charge >= 0.3 is 0 Å². The number of rotatable bonds is 3. The fourth-order valence-electron chi connectivity index (χ4n) is 1.23. The molecule has 0 heterocycles. The van der Waals surface area contributed by atoms with Crippen molar-refractivity contribution in [3.8, 4) is 0 Å². The summed E-state index contributed by atoms with van der Waals surface area (Å²) in [5.74, 6) is 0. The molecule has 0 aromatic heterocycles. The molecule has 0 saturated carbocycles. The molecule has 0 atom stereocenters. The molecule has 0 saturated heterocycles. The van der Waals surface area contributed by atoms with E-state index < -0.39 is 0 Å². The Morgan fingerprint density at radius 2 is 1.86 bits per heavy atom. The Morgan fingerprint density at radius 1 is 1.21 bits per heavy atom. The molecule has 80 valence electrons. The zero-order valence-corrected chi connectivity index (χ0v) is 10.2. The van der Waals surface area contributed by atoms with Gasteiger partial charge in [0.25, 0.3) is 0 Å². The monoisotopic (exact) mass is 193 g/mol. The predicted molar refractivity (Wildman–Crippen MR) is 64.5 cm³/mol. The van der Waals surface area contributed by atoms with Crippen LogP contribution in [0, 0.1) is 6.92 Å². The van der Waals surface area contributed by atoms with Crippen LogP contribution in [-0.2, 0) is 6.54 Å². The molecule has 0 unspecified atom stereocenters. The van der Waals surface area contributed by atoms with Gasteiger partial charge in [0.15, 0.2) is 0 Å². The van der Waals surface area contributed by atoms with Crippen LogP contribution in [0.25, 0.3) is 0 Å². The summed E-state index contributed by atoms with van der Waals surface area (Å²) in [6.45, 7) is 10.5. The van der Waals surface area contributed by atoms with E-state index in [1.54, 1.807) is 0 Å². The summed E-state index contributed by atoms with van der Waals surface area (Å²) in [7, 11) is 2.14. The van der Waals surface area contributed by atoms with Gasteiger partial charge in [-0.15, -0.1) is 0 Å². The first kappa shape index (κ1) is 13.2. The van der Waals surface area contributed by atoms with Crippen LogP contribution in [-0.4, -0.2) is 18.5 Å². The highest BCUT2D eigenvalue weighted by Crippen LogP contribution is 2.05. The number of nitrogens with zero attached hydrogens (tertiary/aromatic N) is 1. The minimum atomic E-state index is 1.05. The maximum Gasteiger partial charge on any atom is 0.0230 e. The summed E-state index contributed by atoms with van der Waals surface area (Å²) < 4.78 is 0. The van der Waals surface area contributed by atoms with Crippen LogP contribution in [0.5, 0.6) is 0 Å². The lowest BCUT2D eigenvalue weighted by atomic mass is 10.1. The maximum atomic E-state index is 2.30. The van der Waals surface area contributed by atoms with E-state index in [4.69, 9.17) is 0 Å². The summed E-state index contributed by atoms with van der Waals surface area (Å²) >= 11 is 0. The lowest BCUT2D eigenvalue weighted by Crippen LogP contribution is -2.16. The SMILES string of the molecule is CC.CCN(C)Cc1cccc(C)c1. The van der Waals surface area contributed by atoms with Crippen molar-refractivity contribution < 1.29 is 0 Å². The molecule has 1 heteroatoms. The average Bonchev–Trinajstić information content (AvgIpc) is 2.21. The fourth-order valence-corrected chi connectivity index (χ4v) is 1.23. The summed E-state index contributed by atoms with van der Waals surface area (Å²) in [5, 5.41) is 0. The standard InChI is InChI=1S/C11H17N.C2H6/c1-4-12(3)9-11-7-5-6-10(2)8-11;1-2/h5-8H,4,9H2,1-3H3;1-2H3. The van der Waals surface area contributed by atoms with Crippen molar-refractivity contribution in [2.75, 3.05) is 13.6 Å². The minimum absolute atomic E-state index is 1.05. The van der Waals surface area contributed by atoms with Crippen LogP contribution in [0.2, 0.25) is 0 Å². The van der Waals surface area contributed by atoms with E-state index in [0.29, 0.717) is 0 Å². The normalized spacial score (nSPS) is 9.57. The van der Waals surface area contributed by atoms with Crippen molar-refractivity contribution in [2.45, 2.75) is 34.2 Å². The molecular weight excluding hydrogens is 170 g/mol. The second-order valence-electron chi connectivity index (χ2n) is 3.32. The van der Waals surface area contributed by atoms with E-state index in [-0.39, 0.29) is 0 Å². The van der Waals surface area contributed by atoms with E-state index >= 15 is 0 Å². The first-order chi connectivity index (χ1) is 6.72. The van der Waals surface area contributed by atoms with Crippen LogP contribution in [0.3, 0.4) is 0 Å². The number of hydrogen-bond acceptors (Lipinski definition) is 1. The van der Waals surface area contributed by atoms with E-state index in [1.807, 2.05) is 13.8 Å². The van der Waals surface area contributed by atoms with Crippen LogP contribution in [0.15, 0.2) is 24.3 Å². The third-order valence-corrected chi connectivity index (χ3v) is 2.07. The van der Waals surface area contributed by atoms with Gasteiger partial charge in [-0.2, -0.15) is 0 Å². The van der Waals surface area contributed by atoms with Crippen molar-refractivity contribution in [3.63, 3.8) is 0 Å². The lowest BCUT2D eigenvalue weighted by Gasteiger charge is -2.13. The van der Waals surface area contributed by atoms with Crippen LogP contribution >= 0.6 is 0 Å². The van der Waals surface area contributed by atoms with E-state index in [9.17, 15) is 0 Å². The topological polar surface area (TPSA) is 3.24 Å². The molecule has 1 aromatic rings.